The number of pyridine rings is 2. The molecule has 52 heavy (non-hydrogen) atoms. The molecule has 2 nitrogen and oxygen atoms in total. The van der Waals surface area contributed by atoms with E-state index in [1.54, 1.807) is 0 Å². The Balaban J connectivity index is 0.000000193. The number of rotatable bonds is 2. The minimum Gasteiger partial charge on any atom is -0.305 e. The fourth-order valence-corrected chi connectivity index (χ4v) is 8.19. The Morgan fingerprint density at radius 2 is 1.31 bits per heavy atom. The molecule has 1 radical (unpaired) electrons. The molecule has 0 spiro atoms. The van der Waals surface area contributed by atoms with E-state index in [2.05, 4.69) is 130 Å². The van der Waals surface area contributed by atoms with Gasteiger partial charge in [0.1, 0.15) is 0 Å². The van der Waals surface area contributed by atoms with Gasteiger partial charge in [0.25, 0.3) is 0 Å². The number of aryl methyl sites for hydroxylation is 5. The van der Waals surface area contributed by atoms with E-state index in [1.807, 2.05) is 36.7 Å². The molecule has 0 saturated heterocycles. The average Bonchev–Trinajstić information content (AvgIpc) is 3.16. The third-order valence-corrected chi connectivity index (χ3v) is 10.8. The monoisotopic (exact) mass is 849 g/mol. The third kappa shape index (κ3) is 6.07. The predicted molar refractivity (Wildman–Crippen MR) is 213 cm³/mol. The van der Waals surface area contributed by atoms with Gasteiger partial charge < -0.3 is 9.97 Å². The first-order valence-electron chi connectivity index (χ1n) is 18.2. The van der Waals surface area contributed by atoms with Crippen LogP contribution in [0.2, 0.25) is 0 Å². The maximum atomic E-state index is 4.91. The van der Waals surface area contributed by atoms with Crippen LogP contribution in [0.5, 0.6) is 0 Å². The van der Waals surface area contributed by atoms with Crippen molar-refractivity contribution in [2.75, 3.05) is 0 Å². The van der Waals surface area contributed by atoms with E-state index < -0.39 is 0 Å². The molecule has 0 atom stereocenters. The Kier molecular flexibility index (Phi) is 8.90. The summed E-state index contributed by atoms with van der Waals surface area (Å²) in [4.78, 5) is 9.25. The van der Waals surface area contributed by atoms with Crippen molar-refractivity contribution in [2.24, 2.45) is 0 Å². The van der Waals surface area contributed by atoms with Gasteiger partial charge in [0.2, 0.25) is 0 Å². The summed E-state index contributed by atoms with van der Waals surface area (Å²) in [6, 6.07) is 46.5. The fourth-order valence-electron chi connectivity index (χ4n) is 8.19. The zero-order valence-electron chi connectivity index (χ0n) is 30.1. The SMILES string of the molecule is CC(C)(C)c1cc[c-]c(-c2ccccn2)c1.Cc1ccc2c(ccc3c4ccnc(-c5[c-]c6c7c(c5)CCc5cccc(c5-7)CC6)c4ccc23)c1.[Ir]. The van der Waals surface area contributed by atoms with Gasteiger partial charge >= 0.3 is 0 Å². The Labute approximate surface area is 320 Å². The second kappa shape index (κ2) is 13.5. The Bertz CT molecular complexity index is 2580. The van der Waals surface area contributed by atoms with Crippen LogP contribution in [0.1, 0.15) is 54.2 Å². The van der Waals surface area contributed by atoms with Gasteiger partial charge in [-0.2, -0.15) is 0 Å². The topological polar surface area (TPSA) is 25.8 Å². The number of hydrogen-bond acceptors (Lipinski definition) is 2. The summed E-state index contributed by atoms with van der Waals surface area (Å²) in [5.41, 5.74) is 15.8. The fraction of sp³-hybridized carbons (Fsp3) is 0.184. The molecular weight excluding hydrogens is 809 g/mol. The second-order valence-corrected chi connectivity index (χ2v) is 15.2. The van der Waals surface area contributed by atoms with Crippen molar-refractivity contribution in [3.8, 4) is 33.6 Å². The summed E-state index contributed by atoms with van der Waals surface area (Å²) < 4.78 is 0. The van der Waals surface area contributed by atoms with Crippen LogP contribution < -0.4 is 0 Å². The quantitative estimate of drug-likeness (QED) is 0.128. The van der Waals surface area contributed by atoms with E-state index in [9.17, 15) is 0 Å². The molecule has 6 aromatic carbocycles. The van der Waals surface area contributed by atoms with Crippen LogP contribution in [-0.2, 0) is 51.2 Å². The smallest absolute Gasteiger partial charge is 0.0167 e. The van der Waals surface area contributed by atoms with Gasteiger partial charge in [-0.25, -0.2) is 0 Å². The van der Waals surface area contributed by atoms with E-state index in [-0.39, 0.29) is 25.5 Å². The predicted octanol–water partition coefficient (Wildman–Crippen LogP) is 12.0. The van der Waals surface area contributed by atoms with Crippen LogP contribution in [0, 0.1) is 19.1 Å². The Morgan fingerprint density at radius 1 is 0.577 bits per heavy atom. The van der Waals surface area contributed by atoms with Crippen molar-refractivity contribution in [1.29, 1.82) is 0 Å². The normalized spacial score (nSPS) is 12.9. The van der Waals surface area contributed by atoms with Gasteiger partial charge in [0, 0.05) is 32.5 Å². The molecule has 2 heterocycles. The van der Waals surface area contributed by atoms with Gasteiger partial charge in [-0.05, 0) is 105 Å². The molecule has 0 N–H and O–H groups in total. The molecule has 2 aliphatic carbocycles. The number of nitrogens with zero attached hydrogens (tertiary/aromatic N) is 2. The molecule has 2 aliphatic rings. The first kappa shape index (κ1) is 34.2. The summed E-state index contributed by atoms with van der Waals surface area (Å²) in [6.45, 7) is 8.80. The molecule has 10 rings (SSSR count). The molecule has 0 aliphatic heterocycles. The van der Waals surface area contributed by atoms with Crippen molar-refractivity contribution in [1.82, 2.24) is 9.97 Å². The zero-order valence-corrected chi connectivity index (χ0v) is 32.5. The number of hydrogen-bond donors (Lipinski definition) is 0. The summed E-state index contributed by atoms with van der Waals surface area (Å²) in [6.07, 6.45) is 8.18. The zero-order chi connectivity index (χ0) is 34.7. The standard InChI is InChI=1S/C34H24N.C15H16N.Ir/c1-20-5-11-27-23(17-20)10-12-29-28(27)13-14-31-30(29)15-16-35-34(31)26-18-24-8-6-21-3-2-4-22-7-9-25(19-26)33(24)32(21)22;1-15(2,3)13-8-6-7-12(11-13)14-9-4-5-10-16-14;/h2-5,10-18H,6-9H2,1H3;4-6,8-11H,1-3H3;/q2*-1;. The molecule has 0 saturated carbocycles. The minimum atomic E-state index is 0. The maximum Gasteiger partial charge on any atom is 0.0167 e. The van der Waals surface area contributed by atoms with Crippen LogP contribution in [0.4, 0.5) is 0 Å². The van der Waals surface area contributed by atoms with Crippen molar-refractivity contribution < 1.29 is 20.1 Å². The molecule has 257 valence electrons. The molecule has 0 amide bonds. The average molecular weight is 849 g/mol. The van der Waals surface area contributed by atoms with Gasteiger partial charge in [-0.1, -0.05) is 110 Å². The van der Waals surface area contributed by atoms with E-state index in [1.165, 1.54) is 76.8 Å². The van der Waals surface area contributed by atoms with Crippen LogP contribution in [0.3, 0.4) is 0 Å². The van der Waals surface area contributed by atoms with Crippen LogP contribution in [-0.4, -0.2) is 9.97 Å². The van der Waals surface area contributed by atoms with Crippen LogP contribution in [0.25, 0.3) is 66.0 Å². The van der Waals surface area contributed by atoms with E-state index in [0.29, 0.717) is 0 Å². The summed E-state index contributed by atoms with van der Waals surface area (Å²) in [5, 5.41) is 7.69. The van der Waals surface area contributed by atoms with Crippen LogP contribution in [0.15, 0.2) is 122 Å². The molecule has 8 aromatic rings. The first-order chi connectivity index (χ1) is 24.8. The van der Waals surface area contributed by atoms with Gasteiger partial charge in [-0.15, -0.1) is 64.2 Å². The van der Waals surface area contributed by atoms with Gasteiger partial charge in [0.05, 0.1) is 0 Å². The Hall–Kier alpha value is -4.95. The third-order valence-electron chi connectivity index (χ3n) is 10.8. The van der Waals surface area contributed by atoms with Gasteiger partial charge in [-0.3, -0.25) is 0 Å². The molecule has 3 heteroatoms. The van der Waals surface area contributed by atoms with Crippen LogP contribution >= 0.6 is 0 Å². The van der Waals surface area contributed by atoms with Crippen molar-refractivity contribution in [2.45, 2.75) is 58.8 Å². The minimum absolute atomic E-state index is 0. The molecule has 0 bridgehead atoms. The number of benzene rings is 6. The summed E-state index contributed by atoms with van der Waals surface area (Å²) in [5.74, 6) is 0. The molecule has 0 unspecified atom stereocenters. The van der Waals surface area contributed by atoms with E-state index in [4.69, 9.17) is 4.98 Å². The van der Waals surface area contributed by atoms with Gasteiger partial charge in [0.15, 0.2) is 0 Å². The molecule has 0 fully saturated rings. The molecule has 2 aromatic heterocycles. The summed E-state index contributed by atoms with van der Waals surface area (Å²) >= 11 is 0. The van der Waals surface area contributed by atoms with Crippen molar-refractivity contribution in [3.05, 3.63) is 167 Å². The number of fused-ring (bicyclic) bond motifs is 5. The van der Waals surface area contributed by atoms with Crippen molar-refractivity contribution in [3.63, 3.8) is 0 Å². The summed E-state index contributed by atoms with van der Waals surface area (Å²) in [7, 11) is 0. The maximum absolute atomic E-state index is 4.91. The Morgan fingerprint density at radius 3 is 2.12 bits per heavy atom. The largest absolute Gasteiger partial charge is 0.305 e. The molecular formula is C49H40IrN2-2. The van der Waals surface area contributed by atoms with E-state index >= 15 is 0 Å². The first-order valence-corrected chi connectivity index (χ1v) is 18.2. The van der Waals surface area contributed by atoms with E-state index in [0.717, 1.165) is 48.2 Å². The second-order valence-electron chi connectivity index (χ2n) is 15.2. The number of aromatic nitrogens is 2. The van der Waals surface area contributed by atoms with Crippen molar-refractivity contribution >= 4 is 32.3 Å².